The maximum atomic E-state index is 10.4. The first-order chi connectivity index (χ1) is 6.11. The van der Waals surface area contributed by atoms with Crippen LogP contribution in [0.3, 0.4) is 0 Å². The van der Waals surface area contributed by atoms with Crippen molar-refractivity contribution in [3.63, 3.8) is 0 Å². The maximum absolute atomic E-state index is 10.4. The van der Waals surface area contributed by atoms with Gasteiger partial charge in [-0.15, -0.1) is 0 Å². The highest BCUT2D eigenvalue weighted by molar-refractivity contribution is 5.76. The first kappa shape index (κ1) is 9.31. The van der Waals surface area contributed by atoms with Gasteiger partial charge in [-0.3, -0.25) is 9.78 Å². The summed E-state index contributed by atoms with van der Waals surface area (Å²) < 4.78 is 0. The van der Waals surface area contributed by atoms with Crippen LogP contribution < -0.4 is 10.6 Å². The number of nitrogen functional groups attached to an aromatic ring is 1. The zero-order chi connectivity index (χ0) is 9.84. The van der Waals surface area contributed by atoms with Crippen molar-refractivity contribution in [2.75, 3.05) is 24.2 Å². The fourth-order valence-electron chi connectivity index (χ4n) is 1.00. The summed E-state index contributed by atoms with van der Waals surface area (Å²) in [7, 11) is 1.65. The number of likely N-dealkylation sites (N-methyl/N-ethyl adjacent to an activating group) is 1. The van der Waals surface area contributed by atoms with Crippen LogP contribution in [0.1, 0.15) is 0 Å². The quantitative estimate of drug-likeness (QED) is 0.695. The van der Waals surface area contributed by atoms with E-state index in [-0.39, 0.29) is 6.54 Å². The van der Waals surface area contributed by atoms with Crippen LogP contribution in [-0.4, -0.2) is 29.7 Å². The van der Waals surface area contributed by atoms with E-state index in [0.29, 0.717) is 11.4 Å². The molecule has 0 spiro atoms. The smallest absolute Gasteiger partial charge is 0.323 e. The third-order valence-corrected chi connectivity index (χ3v) is 1.62. The van der Waals surface area contributed by atoms with E-state index in [1.165, 1.54) is 11.1 Å². The van der Waals surface area contributed by atoms with Gasteiger partial charge in [0.15, 0.2) is 0 Å². The van der Waals surface area contributed by atoms with Gasteiger partial charge in [-0.2, -0.15) is 0 Å². The number of aliphatic carboxylic acids is 1. The minimum absolute atomic E-state index is 0.0874. The van der Waals surface area contributed by atoms with Crippen molar-refractivity contribution < 1.29 is 9.90 Å². The highest BCUT2D eigenvalue weighted by atomic mass is 16.4. The fraction of sp³-hybridized carbons (Fsp3) is 0.250. The molecule has 0 amide bonds. The lowest BCUT2D eigenvalue weighted by Gasteiger charge is -2.17. The number of hydrogen-bond donors (Lipinski definition) is 2. The second kappa shape index (κ2) is 3.75. The second-order valence-electron chi connectivity index (χ2n) is 2.68. The molecule has 1 aromatic rings. The lowest BCUT2D eigenvalue weighted by atomic mass is 10.3. The number of carboxylic acids is 1. The van der Waals surface area contributed by atoms with Crippen LogP contribution >= 0.6 is 0 Å². The molecule has 0 saturated carbocycles. The number of pyridine rings is 1. The van der Waals surface area contributed by atoms with Crippen molar-refractivity contribution in [3.8, 4) is 0 Å². The molecular weight excluding hydrogens is 170 g/mol. The maximum Gasteiger partial charge on any atom is 0.323 e. The molecule has 0 aliphatic heterocycles. The molecule has 0 atom stereocenters. The number of anilines is 2. The summed E-state index contributed by atoms with van der Waals surface area (Å²) >= 11 is 0. The van der Waals surface area contributed by atoms with Gasteiger partial charge >= 0.3 is 5.97 Å². The third kappa shape index (κ3) is 2.33. The average Bonchev–Trinajstić information content (AvgIpc) is 2.03. The first-order valence-electron chi connectivity index (χ1n) is 3.73. The van der Waals surface area contributed by atoms with Crippen molar-refractivity contribution in [1.82, 2.24) is 4.98 Å². The lowest BCUT2D eigenvalue weighted by molar-refractivity contribution is -0.135. The van der Waals surface area contributed by atoms with Gasteiger partial charge in [0.1, 0.15) is 6.54 Å². The van der Waals surface area contributed by atoms with Gasteiger partial charge in [-0.1, -0.05) is 0 Å². The second-order valence-corrected chi connectivity index (χ2v) is 2.68. The van der Waals surface area contributed by atoms with Crippen LogP contribution in [0.15, 0.2) is 18.5 Å². The van der Waals surface area contributed by atoms with Gasteiger partial charge in [-0.25, -0.2) is 0 Å². The number of rotatable bonds is 3. The number of carboxylic acid groups (broad SMARTS) is 1. The summed E-state index contributed by atoms with van der Waals surface area (Å²) in [4.78, 5) is 15.8. The molecule has 3 N–H and O–H groups in total. The summed E-state index contributed by atoms with van der Waals surface area (Å²) in [5, 5.41) is 8.53. The zero-order valence-corrected chi connectivity index (χ0v) is 7.27. The number of hydrogen-bond acceptors (Lipinski definition) is 4. The molecule has 70 valence electrons. The summed E-state index contributed by atoms with van der Waals surface area (Å²) in [6.07, 6.45) is 3.10. The van der Waals surface area contributed by atoms with Gasteiger partial charge < -0.3 is 15.7 Å². The van der Waals surface area contributed by atoms with Crippen molar-refractivity contribution in [2.45, 2.75) is 0 Å². The monoisotopic (exact) mass is 181 g/mol. The molecule has 0 radical (unpaired) electrons. The Labute approximate surface area is 75.8 Å². The SMILES string of the molecule is CN(CC(=O)O)c1cnccc1N. The Morgan fingerprint density at radius 3 is 3.00 bits per heavy atom. The Morgan fingerprint density at radius 2 is 2.46 bits per heavy atom. The van der Waals surface area contributed by atoms with E-state index in [2.05, 4.69) is 4.98 Å². The van der Waals surface area contributed by atoms with Crippen molar-refractivity contribution in [2.24, 2.45) is 0 Å². The van der Waals surface area contributed by atoms with Crippen LogP contribution in [-0.2, 0) is 4.79 Å². The molecule has 0 fully saturated rings. The van der Waals surface area contributed by atoms with E-state index in [4.69, 9.17) is 10.8 Å². The molecule has 0 aliphatic carbocycles. The van der Waals surface area contributed by atoms with Gasteiger partial charge in [-0.05, 0) is 6.07 Å². The molecule has 1 rings (SSSR count). The summed E-state index contributed by atoms with van der Waals surface area (Å²) in [5.74, 6) is -0.897. The Balaban J connectivity index is 2.82. The molecule has 0 saturated heterocycles. The summed E-state index contributed by atoms with van der Waals surface area (Å²) in [5.41, 5.74) is 6.78. The van der Waals surface area contributed by atoms with Crippen LogP contribution in [0.5, 0.6) is 0 Å². The average molecular weight is 181 g/mol. The van der Waals surface area contributed by atoms with E-state index in [9.17, 15) is 4.79 Å². The van der Waals surface area contributed by atoms with E-state index in [1.807, 2.05) is 0 Å². The Kier molecular flexibility index (Phi) is 2.69. The predicted octanol–water partition coefficient (Wildman–Crippen LogP) is 0.185. The van der Waals surface area contributed by atoms with E-state index < -0.39 is 5.97 Å². The van der Waals surface area contributed by atoms with E-state index in [1.54, 1.807) is 19.3 Å². The molecule has 0 aromatic carbocycles. The molecule has 5 nitrogen and oxygen atoms in total. The summed E-state index contributed by atoms with van der Waals surface area (Å²) in [6, 6.07) is 1.63. The topological polar surface area (TPSA) is 79.5 Å². The number of nitrogens with zero attached hydrogens (tertiary/aromatic N) is 2. The molecule has 1 aromatic heterocycles. The number of aromatic nitrogens is 1. The highest BCUT2D eigenvalue weighted by Gasteiger charge is 2.07. The van der Waals surface area contributed by atoms with Crippen molar-refractivity contribution in [3.05, 3.63) is 18.5 Å². The minimum atomic E-state index is -0.897. The Bertz CT molecular complexity index is 314. The van der Waals surface area contributed by atoms with Gasteiger partial charge in [0.25, 0.3) is 0 Å². The molecule has 1 heterocycles. The lowest BCUT2D eigenvalue weighted by Crippen LogP contribution is -2.25. The Morgan fingerprint density at radius 1 is 1.77 bits per heavy atom. The van der Waals surface area contributed by atoms with E-state index >= 15 is 0 Å². The predicted molar refractivity (Wildman–Crippen MR) is 49.6 cm³/mol. The number of carbonyl (C=O) groups is 1. The highest BCUT2D eigenvalue weighted by Crippen LogP contribution is 2.18. The third-order valence-electron chi connectivity index (χ3n) is 1.62. The van der Waals surface area contributed by atoms with Crippen molar-refractivity contribution in [1.29, 1.82) is 0 Å². The standard InChI is InChI=1S/C8H11N3O2/c1-11(5-8(12)13)7-4-10-3-2-6(7)9/h2-4H,5H2,1H3,(H2,9,10)(H,12,13). The fourth-order valence-corrected chi connectivity index (χ4v) is 1.00. The first-order valence-corrected chi connectivity index (χ1v) is 3.73. The molecule has 13 heavy (non-hydrogen) atoms. The number of nitrogens with two attached hydrogens (primary N) is 1. The van der Waals surface area contributed by atoms with Gasteiger partial charge in [0.05, 0.1) is 17.6 Å². The van der Waals surface area contributed by atoms with Crippen LogP contribution in [0.4, 0.5) is 11.4 Å². The molecular formula is C8H11N3O2. The largest absolute Gasteiger partial charge is 0.480 e. The van der Waals surface area contributed by atoms with Gasteiger partial charge in [0.2, 0.25) is 0 Å². The van der Waals surface area contributed by atoms with Crippen molar-refractivity contribution >= 4 is 17.3 Å². The van der Waals surface area contributed by atoms with Crippen LogP contribution in [0.2, 0.25) is 0 Å². The molecule has 0 bridgehead atoms. The zero-order valence-electron chi connectivity index (χ0n) is 7.27. The van der Waals surface area contributed by atoms with Crippen LogP contribution in [0, 0.1) is 0 Å². The van der Waals surface area contributed by atoms with Gasteiger partial charge in [0, 0.05) is 13.2 Å². The molecule has 0 unspecified atom stereocenters. The molecule has 5 heteroatoms. The molecule has 0 aliphatic rings. The van der Waals surface area contributed by atoms with E-state index in [0.717, 1.165) is 0 Å². The normalized spacial score (nSPS) is 9.62. The Hall–Kier alpha value is -1.78. The minimum Gasteiger partial charge on any atom is -0.480 e. The summed E-state index contributed by atoms with van der Waals surface area (Å²) in [6.45, 7) is -0.0874. The van der Waals surface area contributed by atoms with Crippen LogP contribution in [0.25, 0.3) is 0 Å².